The molecule has 0 bridgehead atoms. The number of rotatable bonds is 2. The van der Waals surface area contributed by atoms with Gasteiger partial charge in [-0.05, 0) is 18.2 Å². The Labute approximate surface area is 91.1 Å². The average Bonchev–Trinajstić information content (AvgIpc) is 2.17. The van der Waals surface area contributed by atoms with Crippen LogP contribution in [0.1, 0.15) is 10.4 Å². The summed E-state index contributed by atoms with van der Waals surface area (Å²) < 4.78 is 0.855. The van der Waals surface area contributed by atoms with Crippen molar-refractivity contribution in [2.45, 2.75) is 0 Å². The standard InChI is InChI=1S/C10H9BrN2O/c1-13(6-5-12)10(14)8-3-2-4-9(11)7-8/h2-4,7H,6H2,1H3. The molecule has 0 heterocycles. The number of benzene rings is 1. The van der Waals surface area contributed by atoms with Crippen molar-refractivity contribution in [3.8, 4) is 6.07 Å². The minimum Gasteiger partial charge on any atom is -0.328 e. The first-order chi connectivity index (χ1) is 6.65. The van der Waals surface area contributed by atoms with Gasteiger partial charge in [-0.15, -0.1) is 0 Å². The quantitative estimate of drug-likeness (QED) is 0.757. The van der Waals surface area contributed by atoms with E-state index in [4.69, 9.17) is 5.26 Å². The van der Waals surface area contributed by atoms with Crippen molar-refractivity contribution in [3.63, 3.8) is 0 Å². The molecule has 0 N–H and O–H groups in total. The Hall–Kier alpha value is -1.34. The van der Waals surface area contributed by atoms with Gasteiger partial charge >= 0.3 is 0 Å². The average molecular weight is 253 g/mol. The van der Waals surface area contributed by atoms with Gasteiger partial charge in [0.25, 0.3) is 5.91 Å². The number of nitriles is 1. The highest BCUT2D eigenvalue weighted by Gasteiger charge is 2.10. The first-order valence-electron chi connectivity index (χ1n) is 4.03. The molecule has 0 saturated carbocycles. The number of nitrogens with zero attached hydrogens (tertiary/aromatic N) is 2. The number of hydrogen-bond acceptors (Lipinski definition) is 2. The molecule has 4 heteroatoms. The highest BCUT2D eigenvalue weighted by atomic mass is 79.9. The highest BCUT2D eigenvalue weighted by molar-refractivity contribution is 9.10. The molecule has 0 aliphatic rings. The SMILES string of the molecule is CN(CC#N)C(=O)c1cccc(Br)c1. The van der Waals surface area contributed by atoms with Crippen molar-refractivity contribution in [2.75, 3.05) is 13.6 Å². The van der Waals surface area contributed by atoms with Gasteiger partial charge in [-0.3, -0.25) is 4.79 Å². The zero-order valence-corrected chi connectivity index (χ0v) is 9.28. The van der Waals surface area contributed by atoms with Gasteiger partial charge in [0, 0.05) is 17.1 Å². The maximum atomic E-state index is 11.6. The smallest absolute Gasteiger partial charge is 0.254 e. The lowest BCUT2D eigenvalue weighted by atomic mass is 10.2. The molecule has 1 aromatic rings. The minimum absolute atomic E-state index is 0.103. The molecule has 0 fully saturated rings. The lowest BCUT2D eigenvalue weighted by Crippen LogP contribution is -2.26. The molecule has 0 aliphatic heterocycles. The summed E-state index contributed by atoms with van der Waals surface area (Å²) in [6.07, 6.45) is 0. The fraction of sp³-hybridized carbons (Fsp3) is 0.200. The summed E-state index contributed by atoms with van der Waals surface area (Å²) in [6.45, 7) is 0.103. The molecule has 14 heavy (non-hydrogen) atoms. The molecule has 0 atom stereocenters. The zero-order chi connectivity index (χ0) is 10.6. The van der Waals surface area contributed by atoms with Crippen LogP contribution in [-0.4, -0.2) is 24.4 Å². The number of amides is 1. The summed E-state index contributed by atoms with van der Waals surface area (Å²) in [5.41, 5.74) is 0.581. The normalized spacial score (nSPS) is 9.21. The lowest BCUT2D eigenvalue weighted by molar-refractivity contribution is 0.0812. The van der Waals surface area contributed by atoms with Gasteiger partial charge < -0.3 is 4.90 Å². The fourth-order valence-electron chi connectivity index (χ4n) is 1.02. The van der Waals surface area contributed by atoms with Gasteiger partial charge in [0.05, 0.1) is 6.07 Å². The van der Waals surface area contributed by atoms with Crippen LogP contribution in [0, 0.1) is 11.3 Å². The van der Waals surface area contributed by atoms with Crippen molar-refractivity contribution in [1.82, 2.24) is 4.90 Å². The molecule has 0 aliphatic carbocycles. The highest BCUT2D eigenvalue weighted by Crippen LogP contribution is 2.12. The lowest BCUT2D eigenvalue weighted by Gasteiger charge is -2.12. The number of hydrogen-bond donors (Lipinski definition) is 0. The zero-order valence-electron chi connectivity index (χ0n) is 7.70. The molecule has 3 nitrogen and oxygen atoms in total. The van der Waals surface area contributed by atoms with E-state index in [1.807, 2.05) is 12.1 Å². The van der Waals surface area contributed by atoms with Gasteiger partial charge in [-0.25, -0.2) is 0 Å². The number of carbonyl (C=O) groups is 1. The Bertz CT molecular complexity index is 384. The molecule has 1 aromatic carbocycles. The first-order valence-corrected chi connectivity index (χ1v) is 4.82. The van der Waals surface area contributed by atoms with E-state index in [2.05, 4.69) is 15.9 Å². The Morgan fingerprint density at radius 1 is 1.64 bits per heavy atom. The molecule has 0 aromatic heterocycles. The largest absolute Gasteiger partial charge is 0.328 e. The third kappa shape index (κ3) is 2.57. The molecular weight excluding hydrogens is 244 g/mol. The third-order valence-corrected chi connectivity index (χ3v) is 2.22. The molecule has 0 saturated heterocycles. The summed E-state index contributed by atoms with van der Waals surface area (Å²) in [5.74, 6) is -0.146. The Morgan fingerprint density at radius 3 is 2.93 bits per heavy atom. The van der Waals surface area contributed by atoms with Crippen LogP contribution in [0.4, 0.5) is 0 Å². The van der Waals surface area contributed by atoms with Gasteiger partial charge in [-0.1, -0.05) is 22.0 Å². The summed E-state index contributed by atoms with van der Waals surface area (Å²) >= 11 is 3.28. The van der Waals surface area contributed by atoms with Crippen LogP contribution < -0.4 is 0 Å². The molecule has 0 spiro atoms. The molecular formula is C10H9BrN2O. The van der Waals surface area contributed by atoms with Crippen molar-refractivity contribution >= 4 is 21.8 Å². The van der Waals surface area contributed by atoms with E-state index in [0.717, 1.165) is 4.47 Å². The Balaban J connectivity index is 2.85. The van der Waals surface area contributed by atoms with E-state index < -0.39 is 0 Å². The molecule has 1 rings (SSSR count). The maximum Gasteiger partial charge on any atom is 0.254 e. The van der Waals surface area contributed by atoms with E-state index in [1.165, 1.54) is 4.90 Å². The summed E-state index contributed by atoms with van der Waals surface area (Å²) in [5, 5.41) is 8.43. The fourth-order valence-corrected chi connectivity index (χ4v) is 1.42. The van der Waals surface area contributed by atoms with Crippen LogP contribution in [0.3, 0.4) is 0 Å². The van der Waals surface area contributed by atoms with Crippen molar-refractivity contribution < 1.29 is 4.79 Å². The third-order valence-electron chi connectivity index (χ3n) is 1.73. The summed E-state index contributed by atoms with van der Waals surface area (Å²) in [4.78, 5) is 13.0. The van der Waals surface area contributed by atoms with E-state index in [0.29, 0.717) is 5.56 Å². The second kappa shape index (κ2) is 4.77. The maximum absolute atomic E-state index is 11.6. The molecule has 0 unspecified atom stereocenters. The minimum atomic E-state index is -0.146. The van der Waals surface area contributed by atoms with Crippen LogP contribution in [0.5, 0.6) is 0 Å². The molecule has 0 radical (unpaired) electrons. The second-order valence-electron chi connectivity index (χ2n) is 2.83. The Morgan fingerprint density at radius 2 is 2.36 bits per heavy atom. The summed E-state index contributed by atoms with van der Waals surface area (Å²) in [6, 6.07) is 9.02. The van der Waals surface area contributed by atoms with Gasteiger partial charge in [0.1, 0.15) is 6.54 Å². The van der Waals surface area contributed by atoms with Gasteiger partial charge in [0.15, 0.2) is 0 Å². The van der Waals surface area contributed by atoms with E-state index in [9.17, 15) is 4.79 Å². The van der Waals surface area contributed by atoms with Crippen LogP contribution in [-0.2, 0) is 0 Å². The number of carbonyl (C=O) groups excluding carboxylic acids is 1. The van der Waals surface area contributed by atoms with E-state index in [-0.39, 0.29) is 12.5 Å². The first kappa shape index (κ1) is 10.7. The Kier molecular flexibility index (Phi) is 3.66. The van der Waals surface area contributed by atoms with Gasteiger partial charge in [-0.2, -0.15) is 5.26 Å². The molecule has 72 valence electrons. The topological polar surface area (TPSA) is 44.1 Å². The van der Waals surface area contributed by atoms with Crippen LogP contribution in [0.2, 0.25) is 0 Å². The van der Waals surface area contributed by atoms with Crippen molar-refractivity contribution in [2.24, 2.45) is 0 Å². The summed E-state index contributed by atoms with van der Waals surface area (Å²) in [7, 11) is 1.60. The monoisotopic (exact) mass is 252 g/mol. The van der Waals surface area contributed by atoms with E-state index >= 15 is 0 Å². The van der Waals surface area contributed by atoms with Crippen LogP contribution in [0.15, 0.2) is 28.7 Å². The van der Waals surface area contributed by atoms with Crippen LogP contribution >= 0.6 is 15.9 Å². The van der Waals surface area contributed by atoms with E-state index in [1.54, 1.807) is 25.2 Å². The van der Waals surface area contributed by atoms with Crippen LogP contribution in [0.25, 0.3) is 0 Å². The van der Waals surface area contributed by atoms with Crippen molar-refractivity contribution in [1.29, 1.82) is 5.26 Å². The predicted molar refractivity (Wildman–Crippen MR) is 56.7 cm³/mol. The second-order valence-corrected chi connectivity index (χ2v) is 3.75. The molecule has 1 amide bonds. The van der Waals surface area contributed by atoms with Crippen molar-refractivity contribution in [3.05, 3.63) is 34.3 Å². The predicted octanol–water partition coefficient (Wildman–Crippen LogP) is 2.04. The van der Waals surface area contributed by atoms with Gasteiger partial charge in [0.2, 0.25) is 0 Å². The number of halogens is 1.